The third-order valence-corrected chi connectivity index (χ3v) is 7.29. The lowest BCUT2D eigenvalue weighted by Crippen LogP contribution is -2.46. The molecule has 210 valence electrons. The molecule has 4 rings (SSSR count). The van der Waals surface area contributed by atoms with E-state index in [0.717, 1.165) is 24.8 Å². The van der Waals surface area contributed by atoms with E-state index in [2.05, 4.69) is 10.6 Å². The van der Waals surface area contributed by atoms with Crippen LogP contribution >= 0.6 is 0 Å². The molecule has 0 bridgehead atoms. The molecular formula is C31H41N3O5. The summed E-state index contributed by atoms with van der Waals surface area (Å²) in [5, 5.41) is 17.2. The summed E-state index contributed by atoms with van der Waals surface area (Å²) >= 11 is 0. The van der Waals surface area contributed by atoms with Gasteiger partial charge >= 0.3 is 0 Å². The van der Waals surface area contributed by atoms with Gasteiger partial charge in [0.2, 0.25) is 11.8 Å². The van der Waals surface area contributed by atoms with Crippen LogP contribution in [0.4, 0.5) is 5.69 Å². The summed E-state index contributed by atoms with van der Waals surface area (Å²) in [6.07, 6.45) is 3.14. The molecule has 0 radical (unpaired) electrons. The van der Waals surface area contributed by atoms with Crippen LogP contribution in [-0.4, -0.2) is 54.2 Å². The molecule has 3 N–H and O–H groups in total. The lowest BCUT2D eigenvalue weighted by Gasteiger charge is -2.27. The van der Waals surface area contributed by atoms with Crippen molar-refractivity contribution in [2.45, 2.75) is 77.5 Å². The van der Waals surface area contributed by atoms with Gasteiger partial charge in [0.05, 0.1) is 18.2 Å². The normalized spacial score (nSPS) is 17.6. The molecule has 2 aromatic carbocycles. The first-order valence-electron chi connectivity index (χ1n) is 14.1. The first-order chi connectivity index (χ1) is 18.7. The fourth-order valence-electron chi connectivity index (χ4n) is 4.91. The maximum Gasteiger partial charge on any atom is 0.251 e. The van der Waals surface area contributed by atoms with Gasteiger partial charge in [0, 0.05) is 42.7 Å². The Balaban J connectivity index is 1.52. The predicted octanol–water partition coefficient (Wildman–Crippen LogP) is 3.86. The Labute approximate surface area is 231 Å². The monoisotopic (exact) mass is 535 g/mol. The second-order valence-corrected chi connectivity index (χ2v) is 11.2. The minimum Gasteiger partial charge on any atom is -0.491 e. The SMILES string of the molecule is CC(C)Oc1cc(C(=O)N[C@@H](Cc2ccccc2)[C@@H](O)C[C@@H](C)C(=O)NCC2CC2)cc(N2CCCC2=O)c1. The highest BCUT2D eigenvalue weighted by Crippen LogP contribution is 2.29. The van der Waals surface area contributed by atoms with Gasteiger partial charge in [-0.25, -0.2) is 0 Å². The van der Waals surface area contributed by atoms with Crippen LogP contribution in [0, 0.1) is 11.8 Å². The molecule has 0 spiro atoms. The van der Waals surface area contributed by atoms with Crippen LogP contribution in [0.5, 0.6) is 5.75 Å². The average molecular weight is 536 g/mol. The van der Waals surface area contributed by atoms with Gasteiger partial charge in [0.15, 0.2) is 0 Å². The van der Waals surface area contributed by atoms with E-state index in [9.17, 15) is 19.5 Å². The Morgan fingerprint density at radius 2 is 1.85 bits per heavy atom. The number of rotatable bonds is 13. The van der Waals surface area contributed by atoms with E-state index in [1.54, 1.807) is 30.0 Å². The quantitative estimate of drug-likeness (QED) is 0.361. The number of aliphatic hydroxyl groups is 1. The minimum absolute atomic E-state index is 0.0226. The van der Waals surface area contributed by atoms with E-state index in [4.69, 9.17) is 4.74 Å². The molecule has 1 saturated heterocycles. The Morgan fingerprint density at radius 1 is 1.10 bits per heavy atom. The predicted molar refractivity (Wildman–Crippen MR) is 151 cm³/mol. The van der Waals surface area contributed by atoms with Gasteiger partial charge in [0.25, 0.3) is 5.91 Å². The van der Waals surface area contributed by atoms with Crippen LogP contribution in [0.1, 0.15) is 68.8 Å². The van der Waals surface area contributed by atoms with Crippen molar-refractivity contribution in [3.05, 3.63) is 59.7 Å². The van der Waals surface area contributed by atoms with Gasteiger partial charge in [-0.1, -0.05) is 37.3 Å². The zero-order valence-corrected chi connectivity index (χ0v) is 23.2. The second kappa shape index (κ2) is 13.1. The Kier molecular flexibility index (Phi) is 9.62. The number of aliphatic hydroxyl groups excluding tert-OH is 1. The van der Waals surface area contributed by atoms with Crippen LogP contribution in [-0.2, 0) is 16.0 Å². The molecule has 39 heavy (non-hydrogen) atoms. The summed E-state index contributed by atoms with van der Waals surface area (Å²) in [6.45, 7) is 6.89. The van der Waals surface area contributed by atoms with E-state index in [-0.39, 0.29) is 30.2 Å². The van der Waals surface area contributed by atoms with Crippen molar-refractivity contribution in [2.24, 2.45) is 11.8 Å². The summed E-state index contributed by atoms with van der Waals surface area (Å²) in [4.78, 5) is 40.3. The maximum atomic E-state index is 13.6. The number of carbonyl (C=O) groups is 3. The molecule has 2 aliphatic rings. The van der Waals surface area contributed by atoms with E-state index in [0.29, 0.717) is 48.8 Å². The number of hydrogen-bond acceptors (Lipinski definition) is 5. The van der Waals surface area contributed by atoms with Crippen molar-refractivity contribution < 1.29 is 24.2 Å². The van der Waals surface area contributed by atoms with E-state index < -0.39 is 18.1 Å². The number of carbonyl (C=O) groups excluding carboxylic acids is 3. The Morgan fingerprint density at radius 3 is 2.49 bits per heavy atom. The first-order valence-corrected chi connectivity index (χ1v) is 14.1. The molecule has 0 unspecified atom stereocenters. The minimum atomic E-state index is -0.939. The standard InChI is InChI=1S/C31H41N3O5/c1-20(2)39-26-17-24(16-25(18-26)34-13-7-10-29(34)36)31(38)33-27(15-22-8-5-4-6-9-22)28(35)14-21(3)30(37)32-19-23-11-12-23/h4-6,8-9,16-18,20-21,23,27-28,35H,7,10-15,19H2,1-3H3,(H,32,37)(H,33,38)/t21-,27+,28+/m1/s1. The average Bonchev–Trinajstić information content (AvgIpc) is 3.64. The van der Waals surface area contributed by atoms with Gasteiger partial charge in [-0.05, 0) is 69.6 Å². The third-order valence-electron chi connectivity index (χ3n) is 7.29. The molecule has 3 atom stereocenters. The highest BCUT2D eigenvalue weighted by Gasteiger charge is 2.29. The second-order valence-electron chi connectivity index (χ2n) is 11.2. The molecule has 8 heteroatoms. The number of amides is 3. The van der Waals surface area contributed by atoms with Crippen molar-refractivity contribution in [3.63, 3.8) is 0 Å². The topological polar surface area (TPSA) is 108 Å². The van der Waals surface area contributed by atoms with Crippen molar-refractivity contribution in [2.75, 3.05) is 18.0 Å². The third kappa shape index (κ3) is 8.30. The van der Waals surface area contributed by atoms with Crippen LogP contribution in [0.15, 0.2) is 48.5 Å². The van der Waals surface area contributed by atoms with Crippen molar-refractivity contribution in [1.29, 1.82) is 0 Å². The van der Waals surface area contributed by atoms with Crippen LogP contribution in [0.3, 0.4) is 0 Å². The summed E-state index contributed by atoms with van der Waals surface area (Å²) in [6, 6.07) is 14.2. The molecule has 1 aliphatic heterocycles. The maximum absolute atomic E-state index is 13.6. The lowest BCUT2D eigenvalue weighted by atomic mass is 9.93. The van der Waals surface area contributed by atoms with Crippen molar-refractivity contribution in [3.8, 4) is 5.75 Å². The van der Waals surface area contributed by atoms with Gasteiger partial charge in [-0.2, -0.15) is 0 Å². The summed E-state index contributed by atoms with van der Waals surface area (Å²) in [5.41, 5.74) is 1.94. The molecule has 1 aliphatic carbocycles. The van der Waals surface area contributed by atoms with Crippen LogP contribution in [0.2, 0.25) is 0 Å². The van der Waals surface area contributed by atoms with Gasteiger partial charge in [0.1, 0.15) is 5.75 Å². The van der Waals surface area contributed by atoms with Crippen molar-refractivity contribution in [1.82, 2.24) is 10.6 Å². The highest BCUT2D eigenvalue weighted by molar-refractivity contribution is 5.99. The molecular weight excluding hydrogens is 494 g/mol. The van der Waals surface area contributed by atoms with E-state index >= 15 is 0 Å². The first kappa shape index (κ1) is 28.6. The molecule has 8 nitrogen and oxygen atoms in total. The Hall–Kier alpha value is -3.39. The van der Waals surface area contributed by atoms with E-state index in [1.165, 1.54) is 0 Å². The molecule has 2 aromatic rings. The molecule has 1 saturated carbocycles. The van der Waals surface area contributed by atoms with Gasteiger partial charge in [-0.3, -0.25) is 14.4 Å². The van der Waals surface area contributed by atoms with E-state index in [1.807, 2.05) is 44.2 Å². The summed E-state index contributed by atoms with van der Waals surface area (Å²) in [7, 11) is 0. The summed E-state index contributed by atoms with van der Waals surface area (Å²) < 4.78 is 5.90. The lowest BCUT2D eigenvalue weighted by molar-refractivity contribution is -0.125. The van der Waals surface area contributed by atoms with Gasteiger partial charge in [-0.15, -0.1) is 0 Å². The van der Waals surface area contributed by atoms with Crippen molar-refractivity contribution >= 4 is 23.4 Å². The zero-order chi connectivity index (χ0) is 27.9. The number of nitrogens with zero attached hydrogens (tertiary/aromatic N) is 1. The number of hydrogen-bond donors (Lipinski definition) is 3. The number of nitrogens with one attached hydrogen (secondary N) is 2. The molecule has 0 aromatic heterocycles. The fourth-order valence-corrected chi connectivity index (χ4v) is 4.91. The Bertz CT molecular complexity index is 1150. The largest absolute Gasteiger partial charge is 0.491 e. The summed E-state index contributed by atoms with van der Waals surface area (Å²) in [5.74, 6) is 0.256. The zero-order valence-electron chi connectivity index (χ0n) is 23.2. The van der Waals surface area contributed by atoms with Crippen LogP contribution < -0.4 is 20.3 Å². The molecule has 3 amide bonds. The number of benzene rings is 2. The fraction of sp³-hybridized carbons (Fsp3) is 0.516. The number of ether oxygens (including phenoxy) is 1. The smallest absolute Gasteiger partial charge is 0.251 e. The highest BCUT2D eigenvalue weighted by atomic mass is 16.5. The number of anilines is 1. The van der Waals surface area contributed by atoms with Crippen LogP contribution in [0.25, 0.3) is 0 Å². The van der Waals surface area contributed by atoms with Gasteiger partial charge < -0.3 is 25.4 Å². The molecule has 1 heterocycles. The molecule has 2 fully saturated rings.